The smallest absolute Gasteiger partial charge is 0.314 e. The molecule has 2 aromatic carbocycles. The van der Waals surface area contributed by atoms with Gasteiger partial charge in [0.25, 0.3) is 0 Å². The molecule has 3 aliphatic heterocycles. The molecule has 10 nitrogen and oxygen atoms in total. The lowest BCUT2D eigenvalue weighted by atomic mass is 9.39. The monoisotopic (exact) mass is 778 g/mol. The Morgan fingerprint density at radius 3 is 2.49 bits per heavy atom. The van der Waals surface area contributed by atoms with Gasteiger partial charge in [-0.05, 0) is 96.3 Å². The highest BCUT2D eigenvalue weighted by Gasteiger charge is 2.86. The van der Waals surface area contributed by atoms with Gasteiger partial charge in [0.15, 0.2) is 0 Å². The van der Waals surface area contributed by atoms with Crippen molar-refractivity contribution in [3.63, 3.8) is 0 Å². The Labute approximate surface area is 333 Å². The lowest BCUT2D eigenvalue weighted by molar-refractivity contribution is -0.220. The Morgan fingerprint density at radius 1 is 0.982 bits per heavy atom. The van der Waals surface area contributed by atoms with E-state index >= 15 is 0 Å². The Kier molecular flexibility index (Phi) is 7.96. The van der Waals surface area contributed by atoms with Crippen molar-refractivity contribution in [2.75, 3.05) is 13.2 Å². The van der Waals surface area contributed by atoms with E-state index < -0.39 is 52.3 Å². The number of ether oxygens (including phenoxy) is 4. The summed E-state index contributed by atoms with van der Waals surface area (Å²) in [6, 6.07) is 16.3. The summed E-state index contributed by atoms with van der Waals surface area (Å²) in [6.07, 6.45) is 8.85. The number of Topliss-reactive ketones (excluding diaryl/α,β-unsaturated/α-hetero) is 1. The highest BCUT2D eigenvalue weighted by atomic mass is 16.8. The van der Waals surface area contributed by atoms with Crippen molar-refractivity contribution in [2.45, 2.75) is 109 Å². The van der Waals surface area contributed by atoms with E-state index in [9.17, 15) is 29.7 Å². The molecule has 302 valence electrons. The number of ketones is 1. The first-order valence-corrected chi connectivity index (χ1v) is 20.9. The van der Waals surface area contributed by atoms with Crippen molar-refractivity contribution in [1.82, 2.24) is 0 Å². The van der Waals surface area contributed by atoms with E-state index in [1.807, 2.05) is 6.07 Å². The number of aliphatic hydroxyl groups is 2. The summed E-state index contributed by atoms with van der Waals surface area (Å²) in [5.41, 5.74) is 0.125. The van der Waals surface area contributed by atoms with Gasteiger partial charge >= 0.3 is 11.9 Å². The molecule has 6 fully saturated rings. The number of carbonyl (C=O) groups is 3. The van der Waals surface area contributed by atoms with Gasteiger partial charge in [-0.2, -0.15) is 0 Å². The molecular formula is C47H54O10. The van der Waals surface area contributed by atoms with E-state index in [0.717, 1.165) is 25.7 Å². The van der Waals surface area contributed by atoms with Crippen LogP contribution in [0.2, 0.25) is 0 Å². The fraction of sp³-hybridized carbons (Fsp3) is 0.596. The molecule has 10 heteroatoms. The molecule has 3 N–H and O–H groups in total. The standard InChI is InChI=1S/C47H54O10/c1-41(56-37(51)21-32(49)27-10-12-30(48)13-11-27)23-47(55-25-41)39(52)38(40(53)57-47)31-15-19-46-24-45(31,46)18-16-34-42(2)17-14-29-20-33(28-8-6-5-7-9-28)54-26-43(29,3)35(42)22-36(50)44(34,46)4/h5-14,16,18,31-35,38-39,48-49,52H,15,17,19-26H2,1-4H3/t31-,32?,33-,34+,35+,38+,39+,41+,42+,43-,44-,45+,46+,47-/m0/s1. The van der Waals surface area contributed by atoms with E-state index in [-0.39, 0.29) is 65.3 Å². The topological polar surface area (TPSA) is 149 Å². The molecule has 3 saturated carbocycles. The minimum absolute atomic E-state index is 0.0158. The van der Waals surface area contributed by atoms with Gasteiger partial charge in [-0.3, -0.25) is 14.4 Å². The Bertz CT molecular complexity index is 2100. The number of aliphatic hydroxyl groups excluding tert-OH is 2. The molecule has 0 amide bonds. The summed E-state index contributed by atoms with van der Waals surface area (Å²) in [5, 5.41) is 32.3. The molecule has 3 heterocycles. The Balaban J connectivity index is 0.878. The van der Waals surface area contributed by atoms with Crippen LogP contribution < -0.4 is 0 Å². The van der Waals surface area contributed by atoms with Crippen LogP contribution in [0.5, 0.6) is 5.75 Å². The summed E-state index contributed by atoms with van der Waals surface area (Å²) < 4.78 is 24.5. The fourth-order valence-corrected chi connectivity index (χ4v) is 14.2. The average molecular weight is 779 g/mol. The molecule has 0 bridgehead atoms. The zero-order valence-corrected chi connectivity index (χ0v) is 33.2. The number of fused-ring (bicyclic) bond motifs is 5. The van der Waals surface area contributed by atoms with Gasteiger partial charge in [0.2, 0.25) is 5.79 Å². The molecular weight excluding hydrogens is 725 g/mol. The molecule has 10 rings (SSSR count). The lowest BCUT2D eigenvalue weighted by Crippen LogP contribution is -2.63. The summed E-state index contributed by atoms with van der Waals surface area (Å²) in [7, 11) is 0. The molecule has 1 unspecified atom stereocenters. The third-order valence-electron chi connectivity index (χ3n) is 17.0. The third kappa shape index (κ3) is 4.93. The fourth-order valence-electron chi connectivity index (χ4n) is 14.2. The number of esters is 2. The first kappa shape index (κ1) is 37.4. The minimum Gasteiger partial charge on any atom is -0.508 e. The first-order valence-electron chi connectivity index (χ1n) is 20.9. The minimum atomic E-state index is -1.67. The average Bonchev–Trinajstić information content (AvgIpc) is 3.48. The Morgan fingerprint density at radius 2 is 1.74 bits per heavy atom. The maximum Gasteiger partial charge on any atom is 0.314 e. The summed E-state index contributed by atoms with van der Waals surface area (Å²) >= 11 is 0. The van der Waals surface area contributed by atoms with E-state index in [1.54, 1.807) is 6.92 Å². The third-order valence-corrected chi connectivity index (χ3v) is 17.0. The van der Waals surface area contributed by atoms with Crippen molar-refractivity contribution < 1.29 is 48.7 Å². The van der Waals surface area contributed by atoms with Gasteiger partial charge < -0.3 is 34.3 Å². The molecule has 1 spiro atoms. The van der Waals surface area contributed by atoms with E-state index in [1.165, 1.54) is 35.4 Å². The van der Waals surface area contributed by atoms with Crippen LogP contribution in [0.25, 0.3) is 0 Å². The molecule has 57 heavy (non-hydrogen) atoms. The number of carbonyl (C=O) groups excluding carboxylic acids is 3. The van der Waals surface area contributed by atoms with Crippen molar-refractivity contribution in [3.05, 3.63) is 89.5 Å². The number of hydrogen-bond donors (Lipinski definition) is 3. The first-order chi connectivity index (χ1) is 27.0. The number of aromatic hydroxyl groups is 1. The summed E-state index contributed by atoms with van der Waals surface area (Å²) in [6.45, 7) is 9.10. The van der Waals surface area contributed by atoms with E-state index in [0.29, 0.717) is 30.8 Å². The Hall–Kier alpha value is -3.83. The molecule has 14 atom stereocenters. The van der Waals surface area contributed by atoms with Gasteiger partial charge in [0, 0.05) is 17.3 Å². The number of rotatable bonds is 6. The second kappa shape index (κ2) is 12.1. The molecule has 0 radical (unpaired) electrons. The quantitative estimate of drug-likeness (QED) is 0.210. The van der Waals surface area contributed by atoms with Crippen LogP contribution in [0.15, 0.2) is 78.4 Å². The molecule has 0 aromatic heterocycles. The summed E-state index contributed by atoms with van der Waals surface area (Å²) in [5.74, 6) is -3.41. The largest absolute Gasteiger partial charge is 0.508 e. The van der Waals surface area contributed by atoms with Gasteiger partial charge in [0.05, 0.1) is 44.2 Å². The SMILES string of the molecule is C[C@]1(OC(=O)CC(O)c2ccc(O)cc2)CO[C@@]2(C1)OC(=O)[C@H]([C@@H]1CC[C@]34C[C@]13C=C[C@@H]1[C@@]3(C)CC=C5C[C@@H](c6ccccc6)OC[C@]5(C)[C@@H]3CC(=O)[C@]14C)[C@H]2O. The van der Waals surface area contributed by atoms with Gasteiger partial charge in [0.1, 0.15) is 23.2 Å². The van der Waals surface area contributed by atoms with Gasteiger partial charge in [-0.25, -0.2) is 0 Å². The molecule has 2 aromatic rings. The van der Waals surface area contributed by atoms with Gasteiger partial charge in [-0.15, -0.1) is 0 Å². The number of phenols is 1. The number of phenolic OH excluding ortho intramolecular Hbond substituents is 1. The van der Waals surface area contributed by atoms with Crippen LogP contribution in [-0.2, 0) is 33.3 Å². The number of allylic oxidation sites excluding steroid dienone is 3. The van der Waals surface area contributed by atoms with Crippen LogP contribution in [-0.4, -0.2) is 63.7 Å². The number of benzene rings is 2. The second-order valence-corrected chi connectivity index (χ2v) is 19.8. The molecule has 8 aliphatic rings. The zero-order chi connectivity index (χ0) is 40.0. The highest BCUT2D eigenvalue weighted by molar-refractivity contribution is 5.90. The maximum atomic E-state index is 15.0. The lowest BCUT2D eigenvalue weighted by Gasteiger charge is -2.64. The highest BCUT2D eigenvalue weighted by Crippen LogP contribution is 2.89. The van der Waals surface area contributed by atoms with Crippen molar-refractivity contribution >= 4 is 17.7 Å². The molecule has 5 aliphatic carbocycles. The van der Waals surface area contributed by atoms with Crippen molar-refractivity contribution in [1.29, 1.82) is 0 Å². The predicted octanol–water partition coefficient (Wildman–Crippen LogP) is 6.84. The van der Waals surface area contributed by atoms with Crippen molar-refractivity contribution in [3.8, 4) is 5.75 Å². The second-order valence-electron chi connectivity index (χ2n) is 19.8. The van der Waals surface area contributed by atoms with E-state index in [2.05, 4.69) is 63.3 Å². The van der Waals surface area contributed by atoms with Crippen LogP contribution in [0.1, 0.15) is 102 Å². The maximum absolute atomic E-state index is 15.0. The zero-order valence-electron chi connectivity index (χ0n) is 33.2. The normalized spacial score (nSPS) is 46.9. The number of hydrogen-bond acceptors (Lipinski definition) is 10. The van der Waals surface area contributed by atoms with E-state index in [4.69, 9.17) is 18.9 Å². The van der Waals surface area contributed by atoms with Crippen LogP contribution in [0.4, 0.5) is 0 Å². The van der Waals surface area contributed by atoms with Crippen LogP contribution in [0, 0.1) is 50.7 Å². The van der Waals surface area contributed by atoms with Crippen LogP contribution >= 0.6 is 0 Å². The van der Waals surface area contributed by atoms with Crippen LogP contribution in [0.3, 0.4) is 0 Å². The van der Waals surface area contributed by atoms with Gasteiger partial charge in [-0.1, -0.05) is 87.0 Å². The van der Waals surface area contributed by atoms with Crippen molar-refractivity contribution in [2.24, 2.45) is 50.7 Å². The summed E-state index contributed by atoms with van der Waals surface area (Å²) in [4.78, 5) is 41.9. The predicted molar refractivity (Wildman–Crippen MR) is 206 cm³/mol. The molecule has 3 saturated heterocycles.